The third-order valence-corrected chi connectivity index (χ3v) is 3.74. The topological polar surface area (TPSA) is 50.4 Å². The van der Waals surface area contributed by atoms with Crippen molar-refractivity contribution >= 4 is 23.2 Å². The Balaban J connectivity index is 1.85. The molecular weight excluding hydrogens is 288 g/mol. The summed E-state index contributed by atoms with van der Waals surface area (Å²) in [7, 11) is 1.56. The number of ether oxygens (including phenoxy) is 1. The van der Waals surface area contributed by atoms with Gasteiger partial charge in [-0.2, -0.15) is 0 Å². The SMILES string of the molecule is COc1ccc(Cl)cc1NC(=O)c1ccc2c(c1)CNC2. The first-order valence-electron chi connectivity index (χ1n) is 6.65. The van der Waals surface area contributed by atoms with Crippen LogP contribution in [0.3, 0.4) is 0 Å². The van der Waals surface area contributed by atoms with Crippen molar-refractivity contribution in [1.29, 1.82) is 0 Å². The number of benzene rings is 2. The molecule has 0 atom stereocenters. The van der Waals surface area contributed by atoms with Gasteiger partial charge in [0.05, 0.1) is 12.8 Å². The molecular formula is C16H15ClN2O2. The van der Waals surface area contributed by atoms with Crippen LogP contribution < -0.4 is 15.4 Å². The second-order valence-electron chi connectivity index (χ2n) is 4.89. The van der Waals surface area contributed by atoms with Crippen molar-refractivity contribution in [2.45, 2.75) is 13.1 Å². The fraction of sp³-hybridized carbons (Fsp3) is 0.188. The minimum absolute atomic E-state index is 0.176. The van der Waals surface area contributed by atoms with Crippen LogP contribution in [0.4, 0.5) is 5.69 Å². The van der Waals surface area contributed by atoms with Crippen LogP contribution in [0.25, 0.3) is 0 Å². The quantitative estimate of drug-likeness (QED) is 0.915. The second kappa shape index (κ2) is 5.76. The van der Waals surface area contributed by atoms with Crippen LogP contribution in [-0.2, 0) is 13.1 Å². The van der Waals surface area contributed by atoms with E-state index in [1.165, 1.54) is 11.1 Å². The number of hydrogen-bond donors (Lipinski definition) is 2. The molecule has 1 heterocycles. The molecule has 0 saturated carbocycles. The van der Waals surface area contributed by atoms with E-state index in [0.29, 0.717) is 22.0 Å². The summed E-state index contributed by atoms with van der Waals surface area (Å²) in [5.74, 6) is 0.404. The maximum absolute atomic E-state index is 12.4. The number of anilines is 1. The summed E-state index contributed by atoms with van der Waals surface area (Å²) in [6.45, 7) is 1.66. The normalized spacial score (nSPS) is 12.9. The molecule has 1 aliphatic heterocycles. The molecule has 2 N–H and O–H groups in total. The van der Waals surface area contributed by atoms with Gasteiger partial charge >= 0.3 is 0 Å². The van der Waals surface area contributed by atoms with E-state index in [2.05, 4.69) is 10.6 Å². The fourth-order valence-corrected chi connectivity index (χ4v) is 2.58. The van der Waals surface area contributed by atoms with E-state index in [-0.39, 0.29) is 5.91 Å². The van der Waals surface area contributed by atoms with Gasteiger partial charge in [0.2, 0.25) is 0 Å². The number of carbonyl (C=O) groups excluding carboxylic acids is 1. The molecule has 0 bridgehead atoms. The first kappa shape index (κ1) is 13.9. The number of amides is 1. The van der Waals surface area contributed by atoms with Crippen LogP contribution in [-0.4, -0.2) is 13.0 Å². The van der Waals surface area contributed by atoms with Gasteiger partial charge in [-0.05, 0) is 41.5 Å². The average molecular weight is 303 g/mol. The zero-order chi connectivity index (χ0) is 14.8. The minimum atomic E-state index is -0.176. The molecule has 2 aromatic carbocycles. The number of carbonyl (C=O) groups is 1. The molecule has 3 rings (SSSR count). The maximum atomic E-state index is 12.4. The third-order valence-electron chi connectivity index (χ3n) is 3.51. The third kappa shape index (κ3) is 2.86. The van der Waals surface area contributed by atoms with Crippen LogP contribution in [0.5, 0.6) is 5.75 Å². The lowest BCUT2D eigenvalue weighted by atomic mass is 10.1. The lowest BCUT2D eigenvalue weighted by molar-refractivity contribution is 0.102. The highest BCUT2D eigenvalue weighted by Crippen LogP contribution is 2.28. The summed E-state index contributed by atoms with van der Waals surface area (Å²) in [5.41, 5.74) is 3.60. The predicted molar refractivity (Wildman–Crippen MR) is 82.9 cm³/mol. The smallest absolute Gasteiger partial charge is 0.255 e. The second-order valence-corrected chi connectivity index (χ2v) is 5.32. The van der Waals surface area contributed by atoms with Crippen molar-refractivity contribution in [3.8, 4) is 5.75 Å². The van der Waals surface area contributed by atoms with Crippen molar-refractivity contribution in [3.63, 3.8) is 0 Å². The van der Waals surface area contributed by atoms with Gasteiger partial charge < -0.3 is 15.4 Å². The monoisotopic (exact) mass is 302 g/mol. The maximum Gasteiger partial charge on any atom is 0.255 e. The number of halogens is 1. The van der Waals surface area contributed by atoms with Gasteiger partial charge in [0.25, 0.3) is 5.91 Å². The number of methoxy groups -OCH3 is 1. The summed E-state index contributed by atoms with van der Waals surface area (Å²) < 4.78 is 5.23. The van der Waals surface area contributed by atoms with Crippen LogP contribution in [0.2, 0.25) is 5.02 Å². The molecule has 4 nitrogen and oxygen atoms in total. The lowest BCUT2D eigenvalue weighted by Gasteiger charge is -2.11. The summed E-state index contributed by atoms with van der Waals surface area (Å²) in [4.78, 5) is 12.4. The van der Waals surface area contributed by atoms with Crippen LogP contribution in [0.15, 0.2) is 36.4 Å². The largest absolute Gasteiger partial charge is 0.495 e. The Labute approximate surface area is 128 Å². The summed E-state index contributed by atoms with van der Waals surface area (Å²) in [6.07, 6.45) is 0. The molecule has 21 heavy (non-hydrogen) atoms. The van der Waals surface area contributed by atoms with Gasteiger partial charge in [0.15, 0.2) is 0 Å². The van der Waals surface area contributed by atoms with Crippen molar-refractivity contribution in [2.75, 3.05) is 12.4 Å². The predicted octanol–water partition coefficient (Wildman–Crippen LogP) is 3.20. The van der Waals surface area contributed by atoms with Gasteiger partial charge in [0, 0.05) is 23.7 Å². The number of rotatable bonds is 3. The van der Waals surface area contributed by atoms with E-state index in [0.717, 1.165) is 13.1 Å². The highest BCUT2D eigenvalue weighted by molar-refractivity contribution is 6.31. The minimum Gasteiger partial charge on any atom is -0.495 e. The number of fused-ring (bicyclic) bond motifs is 1. The standard InChI is InChI=1S/C16H15ClN2O2/c1-21-15-5-4-13(17)7-14(15)19-16(20)10-2-3-11-8-18-9-12(11)6-10/h2-7,18H,8-9H2,1H3,(H,19,20). The molecule has 0 radical (unpaired) electrons. The Morgan fingerprint density at radius 1 is 1.19 bits per heavy atom. The van der Waals surface area contributed by atoms with E-state index < -0.39 is 0 Å². The van der Waals surface area contributed by atoms with Crippen LogP contribution >= 0.6 is 11.6 Å². The summed E-state index contributed by atoms with van der Waals surface area (Å²) in [6, 6.07) is 10.9. The van der Waals surface area contributed by atoms with Crippen LogP contribution in [0, 0.1) is 0 Å². The molecule has 1 amide bonds. The number of hydrogen-bond acceptors (Lipinski definition) is 3. The molecule has 5 heteroatoms. The average Bonchev–Trinajstić information content (AvgIpc) is 2.94. The Kier molecular flexibility index (Phi) is 3.82. The van der Waals surface area contributed by atoms with Gasteiger partial charge in [-0.3, -0.25) is 4.79 Å². The van der Waals surface area contributed by atoms with E-state index in [9.17, 15) is 4.79 Å². The zero-order valence-corrected chi connectivity index (χ0v) is 12.3. The van der Waals surface area contributed by atoms with Gasteiger partial charge in [-0.25, -0.2) is 0 Å². The van der Waals surface area contributed by atoms with Crippen molar-refractivity contribution < 1.29 is 9.53 Å². The van der Waals surface area contributed by atoms with Crippen LogP contribution in [0.1, 0.15) is 21.5 Å². The van der Waals surface area contributed by atoms with Crippen molar-refractivity contribution in [3.05, 3.63) is 58.1 Å². The van der Waals surface area contributed by atoms with E-state index in [4.69, 9.17) is 16.3 Å². The molecule has 0 aromatic heterocycles. The number of nitrogens with one attached hydrogen (secondary N) is 2. The van der Waals surface area contributed by atoms with E-state index in [1.807, 2.05) is 18.2 Å². The summed E-state index contributed by atoms with van der Waals surface area (Å²) in [5, 5.41) is 6.65. The Morgan fingerprint density at radius 3 is 2.81 bits per heavy atom. The van der Waals surface area contributed by atoms with Gasteiger partial charge in [0.1, 0.15) is 5.75 Å². The molecule has 0 aliphatic carbocycles. The highest BCUT2D eigenvalue weighted by Gasteiger charge is 2.15. The van der Waals surface area contributed by atoms with E-state index in [1.54, 1.807) is 25.3 Å². The molecule has 0 fully saturated rings. The first-order chi connectivity index (χ1) is 10.2. The Morgan fingerprint density at radius 2 is 2.00 bits per heavy atom. The molecule has 0 unspecified atom stereocenters. The lowest BCUT2D eigenvalue weighted by Crippen LogP contribution is -2.13. The molecule has 2 aromatic rings. The molecule has 0 spiro atoms. The van der Waals surface area contributed by atoms with Gasteiger partial charge in [-0.1, -0.05) is 17.7 Å². The highest BCUT2D eigenvalue weighted by atomic mass is 35.5. The van der Waals surface area contributed by atoms with Crippen molar-refractivity contribution in [1.82, 2.24) is 5.32 Å². The summed E-state index contributed by atoms with van der Waals surface area (Å²) >= 11 is 5.96. The van der Waals surface area contributed by atoms with E-state index >= 15 is 0 Å². The molecule has 108 valence electrons. The Hall–Kier alpha value is -2.04. The fourth-order valence-electron chi connectivity index (χ4n) is 2.41. The van der Waals surface area contributed by atoms with Crippen molar-refractivity contribution in [2.24, 2.45) is 0 Å². The Bertz CT molecular complexity index is 701. The molecule has 0 saturated heterocycles. The van der Waals surface area contributed by atoms with Gasteiger partial charge in [-0.15, -0.1) is 0 Å². The first-order valence-corrected chi connectivity index (χ1v) is 7.02. The zero-order valence-electron chi connectivity index (χ0n) is 11.6. The molecule has 1 aliphatic rings.